The average molecular weight is 292 g/mol. The summed E-state index contributed by atoms with van der Waals surface area (Å²) in [5, 5.41) is 15.5. The van der Waals surface area contributed by atoms with Crippen molar-refractivity contribution in [2.45, 2.75) is 26.2 Å². The molecule has 0 radical (unpaired) electrons. The maximum Gasteiger partial charge on any atom is 0.187 e. The van der Waals surface area contributed by atoms with Crippen LogP contribution in [-0.2, 0) is 5.41 Å². The van der Waals surface area contributed by atoms with Crippen molar-refractivity contribution in [2.75, 3.05) is 5.32 Å². The van der Waals surface area contributed by atoms with Crippen LogP contribution in [0.5, 0.6) is 0 Å². The molecule has 0 spiro atoms. The fourth-order valence-electron chi connectivity index (χ4n) is 1.53. The number of nitriles is 1. The van der Waals surface area contributed by atoms with Crippen molar-refractivity contribution in [3.8, 4) is 6.07 Å². The summed E-state index contributed by atoms with van der Waals surface area (Å²) in [7, 11) is 0. The van der Waals surface area contributed by atoms with Crippen LogP contribution in [0.15, 0.2) is 23.6 Å². The summed E-state index contributed by atoms with van der Waals surface area (Å²) in [4.78, 5) is 4.54. The zero-order valence-corrected chi connectivity index (χ0v) is 12.6. The Labute approximate surface area is 121 Å². The smallest absolute Gasteiger partial charge is 0.187 e. The number of aromatic nitrogens is 1. The number of nitrogens with zero attached hydrogens (tertiary/aromatic N) is 2. The van der Waals surface area contributed by atoms with Gasteiger partial charge >= 0.3 is 0 Å². The second-order valence-electron chi connectivity index (χ2n) is 5.19. The predicted molar refractivity (Wildman–Crippen MR) is 80.3 cm³/mol. The van der Waals surface area contributed by atoms with Gasteiger partial charge in [-0.15, -0.1) is 11.3 Å². The molecule has 2 aromatic rings. The summed E-state index contributed by atoms with van der Waals surface area (Å²) in [6.45, 7) is 6.35. The van der Waals surface area contributed by atoms with Gasteiger partial charge in [-0.3, -0.25) is 0 Å². The van der Waals surface area contributed by atoms with E-state index >= 15 is 0 Å². The fourth-order valence-corrected chi connectivity index (χ4v) is 2.70. The van der Waals surface area contributed by atoms with Gasteiger partial charge in [0, 0.05) is 10.8 Å². The molecule has 1 aromatic heterocycles. The number of halogens is 1. The van der Waals surface area contributed by atoms with E-state index < -0.39 is 0 Å². The Bertz CT molecular complexity index is 635. The molecule has 1 N–H and O–H groups in total. The molecule has 1 heterocycles. The fraction of sp³-hybridized carbons (Fsp3) is 0.286. The lowest BCUT2D eigenvalue weighted by molar-refractivity contribution is 0.573. The lowest BCUT2D eigenvalue weighted by atomic mass is 9.93. The molecule has 5 heteroatoms. The minimum absolute atomic E-state index is 0.0167. The molecular weight excluding hydrogens is 278 g/mol. The molecule has 0 saturated carbocycles. The van der Waals surface area contributed by atoms with Crippen LogP contribution >= 0.6 is 22.9 Å². The van der Waals surface area contributed by atoms with Gasteiger partial charge in [-0.2, -0.15) is 5.26 Å². The summed E-state index contributed by atoms with van der Waals surface area (Å²) in [5.74, 6) is 0. The van der Waals surface area contributed by atoms with Crippen molar-refractivity contribution in [2.24, 2.45) is 0 Å². The third-order valence-electron chi connectivity index (χ3n) is 2.64. The topological polar surface area (TPSA) is 48.7 Å². The number of nitrogens with one attached hydrogen (secondary N) is 1. The summed E-state index contributed by atoms with van der Waals surface area (Å²) in [6.07, 6.45) is 0. The molecule has 98 valence electrons. The van der Waals surface area contributed by atoms with Gasteiger partial charge in [0.2, 0.25) is 0 Å². The van der Waals surface area contributed by atoms with Gasteiger partial charge in [-0.05, 0) is 12.1 Å². The summed E-state index contributed by atoms with van der Waals surface area (Å²) >= 11 is 7.52. The Kier molecular flexibility index (Phi) is 3.79. The van der Waals surface area contributed by atoms with Crippen LogP contribution in [0.25, 0.3) is 0 Å². The minimum atomic E-state index is 0.0167. The molecule has 0 amide bonds. The quantitative estimate of drug-likeness (QED) is 0.872. The summed E-state index contributed by atoms with van der Waals surface area (Å²) in [5.41, 5.74) is 2.17. The van der Waals surface area contributed by atoms with Gasteiger partial charge < -0.3 is 5.32 Å². The third kappa shape index (κ3) is 3.06. The molecule has 0 aliphatic carbocycles. The Morgan fingerprint density at radius 2 is 2.11 bits per heavy atom. The van der Waals surface area contributed by atoms with Gasteiger partial charge in [-0.25, -0.2) is 4.98 Å². The molecule has 0 aliphatic heterocycles. The van der Waals surface area contributed by atoms with E-state index in [0.717, 1.165) is 10.8 Å². The molecule has 19 heavy (non-hydrogen) atoms. The predicted octanol–water partition coefficient (Wildman–Crippen LogP) is 4.71. The van der Waals surface area contributed by atoms with Crippen molar-refractivity contribution in [1.82, 2.24) is 4.98 Å². The number of thiazole rings is 1. The first kappa shape index (κ1) is 13.9. The SMILES string of the molecule is CC(C)(C)c1csc(Nc2cccc(Cl)c2C#N)n1. The zero-order valence-electron chi connectivity index (χ0n) is 11.0. The van der Waals surface area contributed by atoms with Gasteiger partial charge in [0.25, 0.3) is 0 Å². The monoisotopic (exact) mass is 291 g/mol. The van der Waals surface area contributed by atoms with E-state index in [9.17, 15) is 0 Å². The molecule has 0 aliphatic rings. The molecule has 0 unspecified atom stereocenters. The summed E-state index contributed by atoms with van der Waals surface area (Å²) in [6, 6.07) is 7.44. The van der Waals surface area contributed by atoms with Crippen molar-refractivity contribution in [3.63, 3.8) is 0 Å². The molecule has 2 rings (SSSR count). The van der Waals surface area contributed by atoms with Crippen LogP contribution in [0.4, 0.5) is 10.8 Å². The van der Waals surface area contributed by atoms with Crippen molar-refractivity contribution in [3.05, 3.63) is 39.9 Å². The van der Waals surface area contributed by atoms with E-state index in [1.54, 1.807) is 6.07 Å². The molecule has 1 aromatic carbocycles. The van der Waals surface area contributed by atoms with E-state index in [4.69, 9.17) is 16.9 Å². The molecule has 0 atom stereocenters. The van der Waals surface area contributed by atoms with Gasteiger partial charge in [0.05, 0.1) is 22.0 Å². The number of hydrogen-bond acceptors (Lipinski definition) is 4. The first-order chi connectivity index (χ1) is 8.91. The highest BCUT2D eigenvalue weighted by Gasteiger charge is 2.18. The average Bonchev–Trinajstić information content (AvgIpc) is 2.77. The van der Waals surface area contributed by atoms with E-state index in [2.05, 4.69) is 37.1 Å². The molecule has 0 saturated heterocycles. The van der Waals surface area contributed by atoms with E-state index in [1.807, 2.05) is 17.5 Å². The molecule has 3 nitrogen and oxygen atoms in total. The van der Waals surface area contributed by atoms with Crippen LogP contribution in [0.1, 0.15) is 32.0 Å². The third-order valence-corrected chi connectivity index (χ3v) is 3.71. The number of hydrogen-bond donors (Lipinski definition) is 1. The maximum absolute atomic E-state index is 9.12. The first-order valence-corrected chi connectivity index (χ1v) is 7.09. The maximum atomic E-state index is 9.12. The second kappa shape index (κ2) is 5.20. The Balaban J connectivity index is 2.30. The molecular formula is C14H14ClN3S. The van der Waals surface area contributed by atoms with E-state index in [1.165, 1.54) is 11.3 Å². The Hall–Kier alpha value is -1.57. The van der Waals surface area contributed by atoms with Crippen LogP contribution in [0, 0.1) is 11.3 Å². The van der Waals surface area contributed by atoms with Crippen LogP contribution in [-0.4, -0.2) is 4.98 Å². The van der Waals surface area contributed by atoms with Crippen molar-refractivity contribution in [1.29, 1.82) is 5.26 Å². The Morgan fingerprint density at radius 3 is 2.68 bits per heavy atom. The number of anilines is 2. The van der Waals surface area contributed by atoms with E-state index in [-0.39, 0.29) is 5.41 Å². The van der Waals surface area contributed by atoms with Crippen LogP contribution in [0.2, 0.25) is 5.02 Å². The van der Waals surface area contributed by atoms with Gasteiger partial charge in [0.15, 0.2) is 5.13 Å². The standard InChI is InChI=1S/C14H14ClN3S/c1-14(2,3)12-8-19-13(18-12)17-11-6-4-5-10(15)9(11)7-16/h4-6,8H,1-3H3,(H,17,18). The summed E-state index contributed by atoms with van der Waals surface area (Å²) < 4.78 is 0. The largest absolute Gasteiger partial charge is 0.330 e. The van der Waals surface area contributed by atoms with Crippen LogP contribution < -0.4 is 5.32 Å². The molecule has 0 bridgehead atoms. The van der Waals surface area contributed by atoms with Crippen molar-refractivity contribution < 1.29 is 0 Å². The van der Waals surface area contributed by atoms with Gasteiger partial charge in [-0.1, -0.05) is 38.4 Å². The Morgan fingerprint density at radius 1 is 1.37 bits per heavy atom. The first-order valence-electron chi connectivity index (χ1n) is 5.83. The molecule has 0 fully saturated rings. The van der Waals surface area contributed by atoms with E-state index in [0.29, 0.717) is 16.3 Å². The highest BCUT2D eigenvalue weighted by atomic mass is 35.5. The van der Waals surface area contributed by atoms with Gasteiger partial charge in [0.1, 0.15) is 6.07 Å². The lowest BCUT2D eigenvalue weighted by Gasteiger charge is -2.14. The highest BCUT2D eigenvalue weighted by molar-refractivity contribution is 7.13. The number of rotatable bonds is 2. The van der Waals surface area contributed by atoms with Crippen LogP contribution in [0.3, 0.4) is 0 Å². The minimum Gasteiger partial charge on any atom is -0.330 e. The normalized spacial score (nSPS) is 11.1. The zero-order chi connectivity index (χ0) is 14.0. The lowest BCUT2D eigenvalue weighted by Crippen LogP contribution is -2.11. The van der Waals surface area contributed by atoms with Crippen molar-refractivity contribution >= 4 is 33.8 Å². The second-order valence-corrected chi connectivity index (χ2v) is 6.45. The highest BCUT2D eigenvalue weighted by Crippen LogP contribution is 2.30. The number of benzene rings is 1.